The van der Waals surface area contributed by atoms with Gasteiger partial charge in [-0.1, -0.05) is 0 Å². The molecule has 2 rings (SSSR count). The molecule has 1 amide bonds. The van der Waals surface area contributed by atoms with Crippen molar-refractivity contribution in [2.75, 3.05) is 5.32 Å². The molecule has 8 heteroatoms. The van der Waals surface area contributed by atoms with Gasteiger partial charge in [0.05, 0.1) is 15.0 Å². The summed E-state index contributed by atoms with van der Waals surface area (Å²) in [5.74, 6) is -0.342. The predicted octanol–water partition coefficient (Wildman–Crippen LogP) is 3.77. The second-order valence-corrected chi connectivity index (χ2v) is 5.41. The highest BCUT2D eigenvalue weighted by atomic mass is 79.9. The molecule has 0 aliphatic rings. The number of nitro groups is 1. The van der Waals surface area contributed by atoms with Crippen LogP contribution in [0.1, 0.15) is 10.4 Å². The van der Waals surface area contributed by atoms with Crippen molar-refractivity contribution in [3.8, 4) is 0 Å². The monoisotopic (exact) mass is 399 g/mol. The summed E-state index contributed by atoms with van der Waals surface area (Å²) in [5, 5.41) is 13.3. The van der Waals surface area contributed by atoms with Crippen LogP contribution in [0.25, 0.3) is 0 Å². The normalized spacial score (nSPS) is 10.1. The maximum absolute atomic E-state index is 11.9. The van der Waals surface area contributed by atoms with Gasteiger partial charge in [-0.25, -0.2) is 4.98 Å². The summed E-state index contributed by atoms with van der Waals surface area (Å²) in [6.45, 7) is 0. The number of nitrogens with one attached hydrogen (secondary N) is 1. The van der Waals surface area contributed by atoms with Gasteiger partial charge >= 0.3 is 0 Å². The molecule has 102 valence electrons. The second kappa shape index (κ2) is 6.10. The van der Waals surface area contributed by atoms with Crippen molar-refractivity contribution < 1.29 is 9.72 Å². The maximum atomic E-state index is 11.9. The van der Waals surface area contributed by atoms with Gasteiger partial charge in [-0.2, -0.15) is 0 Å². The zero-order valence-corrected chi connectivity index (χ0v) is 13.0. The van der Waals surface area contributed by atoms with Crippen LogP contribution in [0.4, 0.5) is 11.4 Å². The van der Waals surface area contributed by atoms with E-state index in [1.54, 1.807) is 12.1 Å². The Morgan fingerprint density at radius 2 is 2.00 bits per heavy atom. The molecule has 0 spiro atoms. The van der Waals surface area contributed by atoms with E-state index < -0.39 is 4.92 Å². The number of hydrogen-bond acceptors (Lipinski definition) is 4. The summed E-state index contributed by atoms with van der Waals surface area (Å²) in [6.07, 6.45) is 1.43. The number of carbonyl (C=O) groups excluding carboxylic acids is 1. The molecule has 0 atom stereocenters. The second-order valence-electron chi connectivity index (χ2n) is 3.75. The molecule has 20 heavy (non-hydrogen) atoms. The number of hydrogen-bond donors (Lipinski definition) is 1. The molecule has 2 aromatic rings. The van der Waals surface area contributed by atoms with E-state index in [0.717, 1.165) is 0 Å². The van der Waals surface area contributed by atoms with E-state index in [9.17, 15) is 14.9 Å². The SMILES string of the molecule is O=C(Nc1ccc([N+](=O)[O-])c(Br)c1)c1ccc(Br)nc1. The van der Waals surface area contributed by atoms with Gasteiger partial charge < -0.3 is 5.32 Å². The number of aromatic nitrogens is 1. The van der Waals surface area contributed by atoms with Crippen molar-refractivity contribution in [1.82, 2.24) is 4.98 Å². The maximum Gasteiger partial charge on any atom is 0.283 e. The molecule has 1 aromatic carbocycles. The quantitative estimate of drug-likeness (QED) is 0.482. The lowest BCUT2D eigenvalue weighted by Crippen LogP contribution is -2.12. The third-order valence-electron chi connectivity index (χ3n) is 2.39. The Morgan fingerprint density at radius 1 is 1.25 bits per heavy atom. The zero-order valence-electron chi connectivity index (χ0n) is 9.84. The fourth-order valence-electron chi connectivity index (χ4n) is 1.45. The lowest BCUT2D eigenvalue weighted by molar-refractivity contribution is -0.385. The van der Waals surface area contributed by atoms with Crippen LogP contribution in [0.3, 0.4) is 0 Å². The first kappa shape index (κ1) is 14.6. The number of carbonyl (C=O) groups is 1. The van der Waals surface area contributed by atoms with Crippen LogP contribution in [-0.2, 0) is 0 Å². The largest absolute Gasteiger partial charge is 0.322 e. The lowest BCUT2D eigenvalue weighted by Gasteiger charge is -2.05. The molecular formula is C12H7Br2N3O3. The van der Waals surface area contributed by atoms with Crippen LogP contribution in [0.5, 0.6) is 0 Å². The van der Waals surface area contributed by atoms with E-state index in [4.69, 9.17) is 0 Å². The van der Waals surface area contributed by atoms with Crippen molar-refractivity contribution in [2.45, 2.75) is 0 Å². The van der Waals surface area contributed by atoms with Gasteiger partial charge in [0.25, 0.3) is 11.6 Å². The standard InChI is InChI=1S/C12H7Br2N3O3/c13-9-5-8(2-3-10(9)17(19)20)16-12(18)7-1-4-11(14)15-6-7/h1-6H,(H,16,18). The average molecular weight is 401 g/mol. The van der Waals surface area contributed by atoms with Gasteiger partial charge in [-0.3, -0.25) is 14.9 Å². The fourth-order valence-corrected chi connectivity index (χ4v) is 2.20. The number of pyridine rings is 1. The number of nitrogens with zero attached hydrogens (tertiary/aromatic N) is 2. The predicted molar refractivity (Wildman–Crippen MR) is 80.7 cm³/mol. The van der Waals surface area contributed by atoms with Crippen LogP contribution in [0.15, 0.2) is 45.6 Å². The highest BCUT2D eigenvalue weighted by Gasteiger charge is 2.13. The zero-order chi connectivity index (χ0) is 14.7. The summed E-state index contributed by atoms with van der Waals surface area (Å²) in [5.41, 5.74) is 0.784. The molecule has 0 saturated heterocycles. The molecule has 1 heterocycles. The molecule has 0 aliphatic heterocycles. The summed E-state index contributed by atoms with van der Waals surface area (Å²) in [6, 6.07) is 7.53. The summed E-state index contributed by atoms with van der Waals surface area (Å²) in [7, 11) is 0. The van der Waals surface area contributed by atoms with Crippen LogP contribution in [0.2, 0.25) is 0 Å². The third-order valence-corrected chi connectivity index (χ3v) is 3.50. The average Bonchev–Trinajstić information content (AvgIpc) is 2.39. The number of halogens is 2. The molecule has 0 saturated carbocycles. The van der Waals surface area contributed by atoms with E-state index in [-0.39, 0.29) is 11.6 Å². The van der Waals surface area contributed by atoms with Gasteiger partial charge in [0.2, 0.25) is 0 Å². The van der Waals surface area contributed by atoms with Gasteiger partial charge in [-0.15, -0.1) is 0 Å². The Morgan fingerprint density at radius 3 is 2.55 bits per heavy atom. The Bertz CT molecular complexity index is 674. The summed E-state index contributed by atoms with van der Waals surface area (Å²) < 4.78 is 0.932. The molecule has 0 bridgehead atoms. The van der Waals surface area contributed by atoms with Gasteiger partial charge in [-0.05, 0) is 56.1 Å². The molecule has 6 nitrogen and oxygen atoms in total. The van der Waals surface area contributed by atoms with Crippen LogP contribution in [-0.4, -0.2) is 15.8 Å². The molecule has 0 fully saturated rings. The van der Waals surface area contributed by atoms with Crippen LogP contribution >= 0.6 is 31.9 Å². The summed E-state index contributed by atoms with van der Waals surface area (Å²) >= 11 is 6.27. The Kier molecular flexibility index (Phi) is 4.46. The van der Waals surface area contributed by atoms with E-state index in [1.807, 2.05) is 0 Å². The highest BCUT2D eigenvalue weighted by molar-refractivity contribution is 9.10. The van der Waals surface area contributed by atoms with Crippen molar-refractivity contribution in [1.29, 1.82) is 0 Å². The van der Waals surface area contributed by atoms with Crippen molar-refractivity contribution in [3.05, 3.63) is 61.3 Å². The first-order valence-corrected chi connectivity index (χ1v) is 6.93. The summed E-state index contributed by atoms with van der Waals surface area (Å²) in [4.78, 5) is 26.1. The number of amides is 1. The number of benzene rings is 1. The van der Waals surface area contributed by atoms with E-state index in [1.165, 1.54) is 24.4 Å². The van der Waals surface area contributed by atoms with Gasteiger partial charge in [0, 0.05) is 18.0 Å². The number of rotatable bonds is 3. The van der Waals surface area contributed by atoms with Gasteiger partial charge in [0.15, 0.2) is 0 Å². The van der Waals surface area contributed by atoms with Gasteiger partial charge in [0.1, 0.15) is 4.60 Å². The van der Waals surface area contributed by atoms with Crippen LogP contribution in [0, 0.1) is 10.1 Å². The smallest absolute Gasteiger partial charge is 0.283 e. The highest BCUT2D eigenvalue weighted by Crippen LogP contribution is 2.27. The van der Waals surface area contributed by atoms with Crippen molar-refractivity contribution >= 4 is 49.1 Å². The van der Waals surface area contributed by atoms with Crippen molar-refractivity contribution in [2.24, 2.45) is 0 Å². The molecular weight excluding hydrogens is 394 g/mol. The minimum absolute atomic E-state index is 0.0618. The number of nitro benzene ring substituents is 1. The third kappa shape index (κ3) is 3.40. The topological polar surface area (TPSA) is 85.1 Å². The van der Waals surface area contributed by atoms with E-state index in [2.05, 4.69) is 42.2 Å². The fraction of sp³-hybridized carbons (Fsp3) is 0. The first-order chi connectivity index (χ1) is 9.47. The Labute approximate surface area is 130 Å². The molecule has 0 radical (unpaired) electrons. The Hall–Kier alpha value is -1.80. The Balaban J connectivity index is 2.18. The molecule has 1 aromatic heterocycles. The first-order valence-electron chi connectivity index (χ1n) is 5.34. The molecule has 0 aliphatic carbocycles. The molecule has 0 unspecified atom stereocenters. The minimum Gasteiger partial charge on any atom is -0.322 e. The lowest BCUT2D eigenvalue weighted by atomic mass is 10.2. The minimum atomic E-state index is -0.506. The van der Waals surface area contributed by atoms with Crippen LogP contribution < -0.4 is 5.32 Å². The molecule has 1 N–H and O–H groups in total. The van der Waals surface area contributed by atoms with Crippen molar-refractivity contribution in [3.63, 3.8) is 0 Å². The van der Waals surface area contributed by atoms with E-state index in [0.29, 0.717) is 20.3 Å². The number of anilines is 1. The van der Waals surface area contributed by atoms with E-state index >= 15 is 0 Å².